The summed E-state index contributed by atoms with van der Waals surface area (Å²) >= 11 is 0. The second kappa shape index (κ2) is 18.2. The summed E-state index contributed by atoms with van der Waals surface area (Å²) in [7, 11) is 0. The number of hydrogen-bond acceptors (Lipinski definition) is 2. The van der Waals surface area contributed by atoms with Gasteiger partial charge in [0.1, 0.15) is 0 Å². The zero-order valence-corrected chi connectivity index (χ0v) is 28.9. The Bertz CT molecular complexity index is 1240. The lowest BCUT2D eigenvalue weighted by Crippen LogP contribution is -2.19. The lowest BCUT2D eigenvalue weighted by molar-refractivity contribution is -0.132. The molecule has 2 N–H and O–H groups in total. The first kappa shape index (κ1) is 38.4. The van der Waals surface area contributed by atoms with Crippen LogP contribution in [0.25, 0.3) is 0 Å². The molecule has 0 aromatic carbocycles. The molecule has 240 valence electrons. The van der Waals surface area contributed by atoms with Crippen LogP contribution in [0.2, 0.25) is 0 Å². The molecule has 0 atom stereocenters. The molecule has 0 unspecified atom stereocenters. The lowest BCUT2D eigenvalue weighted by atomic mass is 9.72. The van der Waals surface area contributed by atoms with Crippen LogP contribution in [0.1, 0.15) is 108 Å². The van der Waals surface area contributed by atoms with Gasteiger partial charge in [-0.2, -0.15) is 0 Å². The molecule has 0 spiro atoms. The van der Waals surface area contributed by atoms with Gasteiger partial charge in [-0.1, -0.05) is 111 Å². The van der Waals surface area contributed by atoms with Gasteiger partial charge in [-0.05, 0) is 113 Å². The topological polar surface area (TPSA) is 74.6 Å². The molecule has 0 amide bonds. The van der Waals surface area contributed by atoms with E-state index >= 15 is 0 Å². The summed E-state index contributed by atoms with van der Waals surface area (Å²) in [6.07, 6.45) is 30.0. The highest BCUT2D eigenvalue weighted by molar-refractivity contribution is 5.81. The van der Waals surface area contributed by atoms with Crippen molar-refractivity contribution in [2.75, 3.05) is 0 Å². The zero-order valence-electron chi connectivity index (χ0n) is 28.9. The molecule has 4 heteroatoms. The quantitative estimate of drug-likeness (QED) is 0.193. The van der Waals surface area contributed by atoms with E-state index in [0.29, 0.717) is 0 Å². The third-order valence-electron chi connectivity index (χ3n) is 8.25. The van der Waals surface area contributed by atoms with Crippen molar-refractivity contribution < 1.29 is 19.8 Å². The van der Waals surface area contributed by atoms with Crippen molar-refractivity contribution in [1.29, 1.82) is 0 Å². The van der Waals surface area contributed by atoms with Crippen LogP contribution in [0, 0.1) is 10.8 Å². The van der Waals surface area contributed by atoms with Crippen LogP contribution < -0.4 is 0 Å². The molecular weight excluding hydrogens is 544 g/mol. The van der Waals surface area contributed by atoms with Crippen molar-refractivity contribution in [3.63, 3.8) is 0 Å². The van der Waals surface area contributed by atoms with Crippen LogP contribution >= 0.6 is 0 Å². The number of allylic oxidation sites excluding steroid dienone is 18. The molecule has 0 aliphatic heterocycles. The van der Waals surface area contributed by atoms with Crippen LogP contribution in [0.5, 0.6) is 0 Å². The van der Waals surface area contributed by atoms with Gasteiger partial charge in [0.15, 0.2) is 0 Å². The van der Waals surface area contributed by atoms with Gasteiger partial charge in [0.2, 0.25) is 0 Å². The molecule has 44 heavy (non-hydrogen) atoms. The van der Waals surface area contributed by atoms with Crippen molar-refractivity contribution >= 4 is 11.9 Å². The van der Waals surface area contributed by atoms with Crippen molar-refractivity contribution in [2.24, 2.45) is 10.8 Å². The SMILES string of the molecule is CC1=C(/C=C/C(C)=C/C=C/C(C)=C/C(=O)O)C(C)(C)CCC1.CC1=C(/C=C/C(C)=C/C=C/C(C)=C/C(=O)O)C(C)(C)CCC1. The molecule has 0 radical (unpaired) electrons. The van der Waals surface area contributed by atoms with Crippen LogP contribution in [-0.4, -0.2) is 22.2 Å². The highest BCUT2D eigenvalue weighted by Gasteiger charge is 2.27. The van der Waals surface area contributed by atoms with Gasteiger partial charge in [-0.25, -0.2) is 9.59 Å². The van der Waals surface area contributed by atoms with Crippen molar-refractivity contribution in [2.45, 2.75) is 108 Å². The minimum absolute atomic E-state index is 0.260. The summed E-state index contributed by atoms with van der Waals surface area (Å²) in [6.45, 7) is 21.4. The van der Waals surface area contributed by atoms with Crippen molar-refractivity contribution in [1.82, 2.24) is 0 Å². The molecule has 2 aliphatic rings. The molecule has 0 bridgehead atoms. The molecule has 0 heterocycles. The fourth-order valence-electron chi connectivity index (χ4n) is 5.75. The van der Waals surface area contributed by atoms with Gasteiger partial charge < -0.3 is 10.2 Å². The molecule has 0 saturated heterocycles. The summed E-state index contributed by atoms with van der Waals surface area (Å²) < 4.78 is 0. The van der Waals surface area contributed by atoms with E-state index in [1.807, 2.05) is 24.3 Å². The molecule has 4 nitrogen and oxygen atoms in total. The van der Waals surface area contributed by atoms with E-state index < -0.39 is 11.9 Å². The Morgan fingerprint density at radius 1 is 0.591 bits per heavy atom. The minimum atomic E-state index is -0.912. The molecule has 0 fully saturated rings. The van der Waals surface area contributed by atoms with Crippen molar-refractivity contribution in [3.05, 3.63) is 117 Å². The second-order valence-electron chi connectivity index (χ2n) is 13.5. The minimum Gasteiger partial charge on any atom is -0.478 e. The maximum atomic E-state index is 10.5. The highest BCUT2D eigenvalue weighted by Crippen LogP contribution is 2.41. The molecule has 2 aliphatic carbocycles. The maximum Gasteiger partial charge on any atom is 0.328 e. The number of carbonyl (C=O) groups is 2. The zero-order chi connectivity index (χ0) is 33.5. The first-order chi connectivity index (χ1) is 20.4. The highest BCUT2D eigenvalue weighted by atomic mass is 16.4. The Kier molecular flexibility index (Phi) is 15.9. The maximum absolute atomic E-state index is 10.5. The molecular formula is C40H56O4. The van der Waals surface area contributed by atoms with Gasteiger partial charge >= 0.3 is 11.9 Å². The third-order valence-corrected chi connectivity index (χ3v) is 8.25. The van der Waals surface area contributed by atoms with E-state index in [-0.39, 0.29) is 10.8 Å². The number of aliphatic carboxylic acids is 2. The first-order valence-electron chi connectivity index (χ1n) is 15.7. The monoisotopic (exact) mass is 600 g/mol. The lowest BCUT2D eigenvalue weighted by Gasteiger charge is -2.33. The number of hydrogen-bond donors (Lipinski definition) is 2. The standard InChI is InChI=1S/2C20H28O2/c2*1-15(8-6-9-16(2)14-19(21)22)11-12-18-17(3)10-7-13-20(18,4)5/h2*6,8-9,11-12,14H,7,10,13H2,1-5H3,(H,21,22)/b2*9-6+,12-11+,15-8+,16-14+. The Hall–Kier alpha value is -3.66. The van der Waals surface area contributed by atoms with E-state index in [0.717, 1.165) is 22.3 Å². The summed E-state index contributed by atoms with van der Waals surface area (Å²) in [5.74, 6) is -1.82. The van der Waals surface area contributed by atoms with Crippen LogP contribution in [0.15, 0.2) is 117 Å². The van der Waals surface area contributed by atoms with E-state index in [1.165, 1.54) is 73.0 Å². The third kappa shape index (κ3) is 14.7. The predicted molar refractivity (Wildman–Crippen MR) is 188 cm³/mol. The van der Waals surface area contributed by atoms with Crippen molar-refractivity contribution in [3.8, 4) is 0 Å². The molecule has 0 aromatic rings. The van der Waals surface area contributed by atoms with Gasteiger partial charge in [0.25, 0.3) is 0 Å². The summed E-state index contributed by atoms with van der Waals surface area (Å²) in [4.78, 5) is 21.1. The van der Waals surface area contributed by atoms with E-state index in [2.05, 4.69) is 79.7 Å². The normalized spacial score (nSPS) is 20.2. The summed E-state index contributed by atoms with van der Waals surface area (Å²) in [5, 5.41) is 17.3. The molecule has 0 saturated carbocycles. The average molecular weight is 601 g/mol. The first-order valence-corrected chi connectivity index (χ1v) is 15.7. The van der Waals surface area contributed by atoms with E-state index in [4.69, 9.17) is 10.2 Å². The number of carboxylic acids is 2. The Morgan fingerprint density at radius 2 is 0.932 bits per heavy atom. The van der Waals surface area contributed by atoms with Gasteiger partial charge in [0.05, 0.1) is 0 Å². The fraction of sp³-hybridized carbons (Fsp3) is 0.450. The Morgan fingerprint density at radius 3 is 1.23 bits per heavy atom. The smallest absolute Gasteiger partial charge is 0.328 e. The van der Waals surface area contributed by atoms with Gasteiger partial charge in [-0.3, -0.25) is 0 Å². The predicted octanol–water partition coefficient (Wildman–Crippen LogP) is 11.2. The van der Waals surface area contributed by atoms with Crippen LogP contribution in [0.3, 0.4) is 0 Å². The second-order valence-corrected chi connectivity index (χ2v) is 13.5. The number of carboxylic acid groups (broad SMARTS) is 2. The van der Waals surface area contributed by atoms with E-state index in [1.54, 1.807) is 26.0 Å². The van der Waals surface area contributed by atoms with Gasteiger partial charge in [0, 0.05) is 12.2 Å². The van der Waals surface area contributed by atoms with E-state index in [9.17, 15) is 9.59 Å². The largest absolute Gasteiger partial charge is 0.478 e. The Balaban J connectivity index is 0.000000440. The summed E-state index contributed by atoms with van der Waals surface area (Å²) in [5.41, 5.74) is 10.2. The van der Waals surface area contributed by atoms with Gasteiger partial charge in [-0.15, -0.1) is 0 Å². The molecule has 2 rings (SSSR count). The Labute approximate surface area is 267 Å². The molecule has 0 aromatic heterocycles. The van der Waals surface area contributed by atoms with Crippen LogP contribution in [0.4, 0.5) is 0 Å². The average Bonchev–Trinajstić information content (AvgIpc) is 2.87. The fourth-order valence-corrected chi connectivity index (χ4v) is 5.75. The number of rotatable bonds is 10. The summed E-state index contributed by atoms with van der Waals surface area (Å²) in [6, 6.07) is 0. The van der Waals surface area contributed by atoms with Crippen LogP contribution in [-0.2, 0) is 9.59 Å².